The van der Waals surface area contributed by atoms with E-state index >= 15 is 0 Å². The fraction of sp³-hybridized carbons (Fsp3) is 0.118. The number of hydrogen-bond acceptors (Lipinski definition) is 3. The Labute approximate surface area is 118 Å². The summed E-state index contributed by atoms with van der Waals surface area (Å²) in [4.78, 5) is 4.05. The van der Waals surface area contributed by atoms with E-state index in [1.54, 1.807) is 12.4 Å². The molecular weight excluding hydrogens is 246 g/mol. The average Bonchev–Trinajstić information content (AvgIpc) is 2.47. The molecule has 0 saturated carbocycles. The monoisotopic (exact) mass is 263 g/mol. The Bertz CT molecular complexity index is 672. The van der Waals surface area contributed by atoms with Gasteiger partial charge in [0, 0.05) is 24.1 Å². The fourth-order valence-electron chi connectivity index (χ4n) is 2.38. The van der Waals surface area contributed by atoms with Crippen LogP contribution in [0.2, 0.25) is 0 Å². The van der Waals surface area contributed by atoms with Crippen molar-refractivity contribution >= 4 is 11.3 Å². The fourth-order valence-corrected chi connectivity index (χ4v) is 2.38. The summed E-state index contributed by atoms with van der Waals surface area (Å²) in [6.07, 6.45) is 9.85. The Hall–Kier alpha value is -2.55. The number of nitrogens with two attached hydrogens (primary N) is 1. The number of aromatic nitrogens is 1. The first-order valence-electron chi connectivity index (χ1n) is 6.68. The van der Waals surface area contributed by atoms with Crippen molar-refractivity contribution in [3.05, 3.63) is 66.6 Å². The van der Waals surface area contributed by atoms with Gasteiger partial charge >= 0.3 is 0 Å². The number of benzene rings is 1. The molecule has 0 fully saturated rings. The summed E-state index contributed by atoms with van der Waals surface area (Å²) in [5.74, 6) is 0. The molecule has 0 radical (unpaired) electrons. The van der Waals surface area contributed by atoms with Gasteiger partial charge < -0.3 is 11.1 Å². The molecule has 1 aliphatic rings. The first-order valence-corrected chi connectivity index (χ1v) is 6.68. The quantitative estimate of drug-likeness (QED) is 0.818. The molecule has 1 aliphatic heterocycles. The Morgan fingerprint density at radius 3 is 2.55 bits per heavy atom. The van der Waals surface area contributed by atoms with Gasteiger partial charge in [-0.3, -0.25) is 4.98 Å². The topological polar surface area (TPSA) is 50.9 Å². The second-order valence-corrected chi connectivity index (χ2v) is 4.99. The van der Waals surface area contributed by atoms with E-state index in [4.69, 9.17) is 5.73 Å². The minimum atomic E-state index is 0.334. The maximum atomic E-state index is 6.06. The first-order chi connectivity index (χ1) is 9.72. The summed E-state index contributed by atoms with van der Waals surface area (Å²) in [6, 6.07) is 10.5. The summed E-state index contributed by atoms with van der Waals surface area (Å²) >= 11 is 0. The lowest BCUT2D eigenvalue weighted by Crippen LogP contribution is -2.20. The smallest absolute Gasteiger partial charge is 0.0419 e. The van der Waals surface area contributed by atoms with E-state index in [0.29, 0.717) is 6.04 Å². The molecule has 1 aromatic heterocycles. The normalized spacial score (nSPS) is 17.4. The number of nitrogen functional groups attached to an aromatic ring is 1. The van der Waals surface area contributed by atoms with Gasteiger partial charge in [0.25, 0.3) is 0 Å². The molecular formula is C17H17N3. The molecule has 2 aromatic rings. The number of hydrogen-bond donors (Lipinski definition) is 2. The summed E-state index contributed by atoms with van der Waals surface area (Å²) < 4.78 is 0. The van der Waals surface area contributed by atoms with E-state index in [1.807, 2.05) is 30.5 Å². The third kappa shape index (κ3) is 2.57. The number of nitrogens with one attached hydrogen (secondary N) is 1. The molecule has 1 unspecified atom stereocenters. The highest BCUT2D eigenvalue weighted by Gasteiger charge is 2.08. The van der Waals surface area contributed by atoms with Crippen molar-refractivity contribution in [2.45, 2.75) is 13.0 Å². The van der Waals surface area contributed by atoms with Crippen LogP contribution in [0.5, 0.6) is 0 Å². The minimum Gasteiger partial charge on any atom is -0.399 e. The molecule has 0 amide bonds. The second-order valence-electron chi connectivity index (χ2n) is 4.99. The van der Waals surface area contributed by atoms with E-state index in [2.05, 4.69) is 35.4 Å². The van der Waals surface area contributed by atoms with Gasteiger partial charge in [-0.15, -0.1) is 0 Å². The lowest BCUT2D eigenvalue weighted by atomic mass is 9.96. The number of anilines is 1. The van der Waals surface area contributed by atoms with Crippen molar-refractivity contribution < 1.29 is 0 Å². The average molecular weight is 263 g/mol. The van der Waals surface area contributed by atoms with Gasteiger partial charge in [-0.1, -0.05) is 6.08 Å². The van der Waals surface area contributed by atoms with Gasteiger partial charge in [-0.2, -0.15) is 0 Å². The molecule has 1 atom stereocenters. The molecule has 20 heavy (non-hydrogen) atoms. The van der Waals surface area contributed by atoms with E-state index in [0.717, 1.165) is 22.4 Å². The zero-order valence-electron chi connectivity index (χ0n) is 11.4. The van der Waals surface area contributed by atoms with Crippen molar-refractivity contribution in [2.24, 2.45) is 0 Å². The third-order valence-corrected chi connectivity index (χ3v) is 3.35. The molecule has 100 valence electrons. The van der Waals surface area contributed by atoms with Gasteiger partial charge in [0.1, 0.15) is 0 Å². The highest BCUT2D eigenvalue weighted by Crippen LogP contribution is 2.28. The maximum Gasteiger partial charge on any atom is 0.0419 e. The largest absolute Gasteiger partial charge is 0.399 e. The van der Waals surface area contributed by atoms with Crippen LogP contribution >= 0.6 is 0 Å². The van der Waals surface area contributed by atoms with Crippen LogP contribution < -0.4 is 11.1 Å². The van der Waals surface area contributed by atoms with Crippen LogP contribution in [0.3, 0.4) is 0 Å². The Morgan fingerprint density at radius 2 is 1.80 bits per heavy atom. The van der Waals surface area contributed by atoms with Gasteiger partial charge in [-0.05, 0) is 71.8 Å². The second kappa shape index (κ2) is 5.21. The lowest BCUT2D eigenvalue weighted by Gasteiger charge is -2.16. The molecule has 0 bridgehead atoms. The Morgan fingerprint density at radius 1 is 1.05 bits per heavy atom. The molecule has 0 spiro atoms. The van der Waals surface area contributed by atoms with E-state index < -0.39 is 0 Å². The van der Waals surface area contributed by atoms with Crippen molar-refractivity contribution in [3.8, 4) is 11.1 Å². The zero-order valence-corrected chi connectivity index (χ0v) is 11.4. The third-order valence-electron chi connectivity index (χ3n) is 3.35. The SMILES string of the molecule is CC1C=C(c2cc(N)cc(-c3ccncc3)c2)C=CN1. The van der Waals surface area contributed by atoms with Crippen LogP contribution in [-0.2, 0) is 0 Å². The van der Waals surface area contributed by atoms with Crippen molar-refractivity contribution in [3.63, 3.8) is 0 Å². The number of dihydropyridines is 1. The van der Waals surface area contributed by atoms with Crippen LogP contribution in [0.1, 0.15) is 12.5 Å². The van der Waals surface area contributed by atoms with E-state index in [-0.39, 0.29) is 0 Å². The molecule has 0 saturated heterocycles. The number of rotatable bonds is 2. The molecule has 3 rings (SSSR count). The first kappa shape index (κ1) is 12.5. The van der Waals surface area contributed by atoms with Gasteiger partial charge in [0.2, 0.25) is 0 Å². The number of allylic oxidation sites excluding steroid dienone is 2. The van der Waals surface area contributed by atoms with Crippen LogP contribution in [0.25, 0.3) is 16.7 Å². The number of pyridine rings is 1. The van der Waals surface area contributed by atoms with Crippen molar-refractivity contribution in [1.82, 2.24) is 10.3 Å². The van der Waals surface area contributed by atoms with E-state index in [1.165, 1.54) is 5.57 Å². The van der Waals surface area contributed by atoms with Gasteiger partial charge in [-0.25, -0.2) is 0 Å². The summed E-state index contributed by atoms with van der Waals surface area (Å²) in [7, 11) is 0. The highest BCUT2D eigenvalue weighted by atomic mass is 14.9. The van der Waals surface area contributed by atoms with Crippen molar-refractivity contribution in [1.29, 1.82) is 0 Å². The minimum absolute atomic E-state index is 0.334. The molecule has 3 nitrogen and oxygen atoms in total. The standard InChI is InChI=1S/C17H17N3/c1-12-8-14(4-7-20-12)16-9-15(10-17(18)11-16)13-2-5-19-6-3-13/h2-12,20H,18H2,1H3. The van der Waals surface area contributed by atoms with Crippen LogP contribution in [0.4, 0.5) is 5.69 Å². The molecule has 0 aliphatic carbocycles. The number of nitrogens with zero attached hydrogens (tertiary/aromatic N) is 1. The van der Waals surface area contributed by atoms with Gasteiger partial charge in [0.05, 0.1) is 0 Å². The molecule has 1 aromatic carbocycles. The predicted molar refractivity (Wildman–Crippen MR) is 83.8 cm³/mol. The van der Waals surface area contributed by atoms with Crippen LogP contribution in [0, 0.1) is 0 Å². The van der Waals surface area contributed by atoms with E-state index in [9.17, 15) is 0 Å². The summed E-state index contributed by atoms with van der Waals surface area (Å²) in [5, 5.41) is 3.25. The maximum absolute atomic E-state index is 6.06. The summed E-state index contributed by atoms with van der Waals surface area (Å²) in [5.41, 5.74) is 11.4. The summed E-state index contributed by atoms with van der Waals surface area (Å²) in [6.45, 7) is 2.12. The molecule has 2 heterocycles. The molecule has 3 heteroatoms. The Kier molecular flexibility index (Phi) is 3.25. The highest BCUT2D eigenvalue weighted by molar-refractivity contribution is 5.81. The predicted octanol–water partition coefficient (Wildman–Crippen LogP) is 3.22. The lowest BCUT2D eigenvalue weighted by molar-refractivity contribution is 0.764. The Balaban J connectivity index is 2.06. The van der Waals surface area contributed by atoms with Crippen LogP contribution in [0.15, 0.2) is 61.1 Å². The molecule has 3 N–H and O–H groups in total. The van der Waals surface area contributed by atoms with Crippen LogP contribution in [-0.4, -0.2) is 11.0 Å². The van der Waals surface area contributed by atoms with Crippen molar-refractivity contribution in [2.75, 3.05) is 5.73 Å². The van der Waals surface area contributed by atoms with Gasteiger partial charge in [0.15, 0.2) is 0 Å². The zero-order chi connectivity index (χ0) is 13.9.